The van der Waals surface area contributed by atoms with Crippen molar-refractivity contribution in [1.82, 2.24) is 4.90 Å². The molecule has 0 aromatic heterocycles. The van der Waals surface area contributed by atoms with Gasteiger partial charge in [-0.05, 0) is 31.2 Å². The Morgan fingerprint density at radius 1 is 1.19 bits per heavy atom. The molecule has 0 spiro atoms. The molecule has 3 unspecified atom stereocenters. The van der Waals surface area contributed by atoms with Crippen LogP contribution in [0.3, 0.4) is 0 Å². The monoisotopic (exact) mass is 460 g/mol. The predicted octanol–water partition coefficient (Wildman–Crippen LogP) is 3.44. The molecule has 1 saturated carbocycles. The van der Waals surface area contributed by atoms with Crippen LogP contribution in [-0.2, 0) is 25.7 Å². The summed E-state index contributed by atoms with van der Waals surface area (Å²) in [6.45, 7) is 1.82. The number of carboxylic acid groups (broad SMARTS) is 1. The summed E-state index contributed by atoms with van der Waals surface area (Å²) >= 11 is 0. The first kappa shape index (κ1) is 25.4. The zero-order chi connectivity index (χ0) is 23.9. The molecule has 1 aromatic rings. The van der Waals surface area contributed by atoms with E-state index in [1.54, 1.807) is 11.8 Å². The van der Waals surface area contributed by atoms with Crippen molar-refractivity contribution in [2.75, 3.05) is 0 Å². The number of ether oxygens (including phenoxy) is 2. The Morgan fingerprint density at radius 3 is 2.34 bits per heavy atom. The van der Waals surface area contributed by atoms with E-state index in [-0.39, 0.29) is 18.6 Å². The zero-order valence-corrected chi connectivity index (χ0v) is 17.6. The molecule has 1 amide bonds. The Kier molecular flexibility index (Phi) is 8.88. The minimum Gasteiger partial charge on any atom is -0.475 e. The first-order valence-corrected chi connectivity index (χ1v) is 10.3. The van der Waals surface area contributed by atoms with E-state index in [2.05, 4.69) is 0 Å². The number of nitrogens with two attached hydrogens (primary N) is 1. The number of nitrogens with zero attached hydrogens (tertiary/aromatic N) is 1. The molecule has 1 heterocycles. The van der Waals surface area contributed by atoms with Gasteiger partial charge in [0.25, 0.3) is 0 Å². The summed E-state index contributed by atoms with van der Waals surface area (Å²) in [7, 11) is 0. The maximum Gasteiger partial charge on any atom is 0.510 e. The van der Waals surface area contributed by atoms with Gasteiger partial charge in [0.05, 0.1) is 6.04 Å². The van der Waals surface area contributed by atoms with Crippen molar-refractivity contribution in [3.8, 4) is 0 Å². The number of rotatable bonds is 4. The number of carboxylic acids is 1. The third-order valence-corrected chi connectivity index (χ3v) is 5.36. The fourth-order valence-corrected chi connectivity index (χ4v) is 3.92. The second-order valence-corrected chi connectivity index (χ2v) is 7.78. The summed E-state index contributed by atoms with van der Waals surface area (Å²) in [4.78, 5) is 35.2. The Morgan fingerprint density at radius 2 is 1.78 bits per heavy atom. The number of alkyl halides is 3. The first-order valence-electron chi connectivity index (χ1n) is 10.3. The summed E-state index contributed by atoms with van der Waals surface area (Å²) in [5, 5.41) is 7.12. The van der Waals surface area contributed by atoms with Gasteiger partial charge in [0.2, 0.25) is 5.91 Å². The minimum atomic E-state index is -5.08. The van der Waals surface area contributed by atoms with Crippen LogP contribution in [0.5, 0.6) is 0 Å². The Bertz CT molecular complexity index is 787. The lowest BCUT2D eigenvalue weighted by atomic mass is 9.85. The zero-order valence-electron chi connectivity index (χ0n) is 17.6. The molecule has 1 aliphatic heterocycles. The van der Waals surface area contributed by atoms with E-state index in [1.807, 2.05) is 30.3 Å². The van der Waals surface area contributed by atoms with Gasteiger partial charge >= 0.3 is 18.3 Å². The quantitative estimate of drug-likeness (QED) is 0.661. The number of hydrogen-bond donors (Lipinski definition) is 2. The lowest BCUT2D eigenvalue weighted by Crippen LogP contribution is -2.50. The van der Waals surface area contributed by atoms with Crippen LogP contribution < -0.4 is 5.73 Å². The number of amides is 1. The van der Waals surface area contributed by atoms with Crippen LogP contribution in [-0.4, -0.2) is 52.5 Å². The van der Waals surface area contributed by atoms with Gasteiger partial charge in [0.15, 0.2) is 6.23 Å². The van der Waals surface area contributed by atoms with Crippen LogP contribution in [0.15, 0.2) is 30.3 Å². The van der Waals surface area contributed by atoms with Gasteiger partial charge in [-0.15, -0.1) is 0 Å². The van der Waals surface area contributed by atoms with Crippen LogP contribution in [0.25, 0.3) is 0 Å². The molecular formula is C21H27F3N2O6. The van der Waals surface area contributed by atoms with Gasteiger partial charge in [-0.25, -0.2) is 9.59 Å². The molecule has 32 heavy (non-hydrogen) atoms. The largest absolute Gasteiger partial charge is 0.510 e. The molecule has 4 atom stereocenters. The van der Waals surface area contributed by atoms with Gasteiger partial charge in [0.1, 0.15) is 6.61 Å². The highest BCUT2D eigenvalue weighted by molar-refractivity contribution is 5.82. The third-order valence-electron chi connectivity index (χ3n) is 5.36. The summed E-state index contributed by atoms with van der Waals surface area (Å²) in [6, 6.07) is 8.95. The number of hydrogen-bond acceptors (Lipinski definition) is 6. The van der Waals surface area contributed by atoms with E-state index in [0.717, 1.165) is 31.2 Å². The Balaban J connectivity index is 0.000000451. The number of likely N-dealkylation sites (tertiary alicyclic amines) is 1. The van der Waals surface area contributed by atoms with E-state index in [9.17, 15) is 22.8 Å². The van der Waals surface area contributed by atoms with Crippen molar-refractivity contribution in [1.29, 1.82) is 0 Å². The van der Waals surface area contributed by atoms with Crippen molar-refractivity contribution >= 4 is 18.0 Å². The molecule has 2 aliphatic rings. The third kappa shape index (κ3) is 7.11. The molecule has 3 rings (SSSR count). The molecule has 11 heteroatoms. The van der Waals surface area contributed by atoms with Gasteiger partial charge in [-0.2, -0.15) is 13.2 Å². The van der Waals surface area contributed by atoms with Crippen molar-refractivity contribution in [2.24, 2.45) is 11.7 Å². The second kappa shape index (κ2) is 11.2. The fraction of sp³-hybridized carbons (Fsp3) is 0.571. The molecule has 1 aliphatic carbocycles. The van der Waals surface area contributed by atoms with Crippen LogP contribution in [0.1, 0.15) is 44.6 Å². The number of fused-ring (bicyclic) bond motifs is 1. The predicted molar refractivity (Wildman–Crippen MR) is 106 cm³/mol. The van der Waals surface area contributed by atoms with Gasteiger partial charge in [0, 0.05) is 12.5 Å². The molecule has 3 N–H and O–H groups in total. The smallest absolute Gasteiger partial charge is 0.475 e. The average molecular weight is 460 g/mol. The van der Waals surface area contributed by atoms with Crippen molar-refractivity contribution in [3.05, 3.63) is 35.9 Å². The Labute approximate surface area is 183 Å². The van der Waals surface area contributed by atoms with Crippen LogP contribution >= 0.6 is 0 Å². The fourth-order valence-electron chi connectivity index (χ4n) is 3.92. The maximum atomic E-state index is 12.5. The topological polar surface area (TPSA) is 119 Å². The number of halogens is 3. The lowest BCUT2D eigenvalue weighted by molar-refractivity contribution is -0.192. The molecule has 2 fully saturated rings. The number of carbonyl (C=O) groups excluding carboxylic acids is 2. The normalized spacial score (nSPS) is 23.3. The maximum absolute atomic E-state index is 12.5. The summed E-state index contributed by atoms with van der Waals surface area (Å²) in [6.07, 6.45) is -1.47. The standard InChI is InChI=1S/C19H26N2O4.C2HF3O2/c1-13(20)18(22)21-16-10-6-5-9-15(16)11-17(21)25-19(23)24-12-14-7-3-2-4-8-14;3-2(4,5)1(6)7/h2-4,7-8,13,15-17H,5-6,9-12,20H2,1H3;(H,6,7)/t13-,15?,16?,17?;/m0./s1. The highest BCUT2D eigenvalue weighted by Crippen LogP contribution is 2.40. The van der Waals surface area contributed by atoms with Crippen LogP contribution in [0.4, 0.5) is 18.0 Å². The average Bonchev–Trinajstić information content (AvgIpc) is 3.09. The van der Waals surface area contributed by atoms with Gasteiger partial charge < -0.3 is 25.2 Å². The van der Waals surface area contributed by atoms with Crippen molar-refractivity contribution in [2.45, 2.75) is 70.1 Å². The molecule has 8 nitrogen and oxygen atoms in total. The Hall–Kier alpha value is -2.82. The van der Waals surface area contributed by atoms with Crippen molar-refractivity contribution in [3.63, 3.8) is 0 Å². The first-order chi connectivity index (χ1) is 15.0. The molecule has 0 bridgehead atoms. The van der Waals surface area contributed by atoms with E-state index in [0.29, 0.717) is 12.3 Å². The minimum absolute atomic E-state index is 0.124. The van der Waals surface area contributed by atoms with Gasteiger partial charge in [-0.3, -0.25) is 4.79 Å². The SMILES string of the molecule is C[C@H](N)C(=O)N1C(OC(=O)OCc2ccccc2)CC2CCCCC21.O=C(O)C(F)(F)F. The molecule has 1 aromatic carbocycles. The highest BCUT2D eigenvalue weighted by atomic mass is 19.4. The molecular weight excluding hydrogens is 433 g/mol. The number of aliphatic carboxylic acids is 1. The summed E-state index contributed by atoms with van der Waals surface area (Å²) in [5.41, 5.74) is 6.69. The number of carbonyl (C=O) groups is 3. The van der Waals surface area contributed by atoms with E-state index < -0.39 is 30.6 Å². The van der Waals surface area contributed by atoms with E-state index >= 15 is 0 Å². The molecule has 178 valence electrons. The number of benzene rings is 1. The van der Waals surface area contributed by atoms with Crippen LogP contribution in [0, 0.1) is 5.92 Å². The molecule has 1 saturated heterocycles. The van der Waals surface area contributed by atoms with Crippen molar-refractivity contribution < 1.29 is 42.1 Å². The highest BCUT2D eigenvalue weighted by Gasteiger charge is 2.47. The second-order valence-electron chi connectivity index (χ2n) is 7.78. The van der Waals surface area contributed by atoms with Crippen LogP contribution in [0.2, 0.25) is 0 Å². The van der Waals surface area contributed by atoms with Gasteiger partial charge in [-0.1, -0.05) is 43.2 Å². The molecule has 0 radical (unpaired) electrons. The van der Waals surface area contributed by atoms with E-state index in [4.69, 9.17) is 25.1 Å². The van der Waals surface area contributed by atoms with E-state index in [1.165, 1.54) is 0 Å². The summed E-state index contributed by atoms with van der Waals surface area (Å²) in [5.74, 6) is -2.54. The summed E-state index contributed by atoms with van der Waals surface area (Å²) < 4.78 is 42.4. The lowest BCUT2D eigenvalue weighted by Gasteiger charge is -2.34.